The quantitative estimate of drug-likeness (QED) is 0.488. The van der Waals surface area contributed by atoms with Gasteiger partial charge in [0.15, 0.2) is 0 Å². The number of hydrogen-bond acceptors (Lipinski definition) is 1. The maximum Gasteiger partial charge on any atom is 0.00392 e. The van der Waals surface area contributed by atoms with Gasteiger partial charge in [-0.3, -0.25) is 0 Å². The fourth-order valence-corrected chi connectivity index (χ4v) is 5.71. The molecule has 2 aliphatic carbocycles. The molecule has 2 aromatic rings. The van der Waals surface area contributed by atoms with E-state index in [2.05, 4.69) is 62.0 Å². The maximum absolute atomic E-state index is 6.07. The van der Waals surface area contributed by atoms with E-state index >= 15 is 0 Å². The predicted octanol–water partition coefficient (Wildman–Crippen LogP) is 7.97. The maximum atomic E-state index is 6.07. The van der Waals surface area contributed by atoms with Crippen LogP contribution in [0.25, 0.3) is 11.1 Å². The first-order valence-corrected chi connectivity index (χ1v) is 12.3. The Kier molecular flexibility index (Phi) is 7.10. The molecule has 2 fully saturated rings. The normalized spacial score (nSPS) is 27.0. The van der Waals surface area contributed by atoms with Crippen molar-refractivity contribution in [2.24, 2.45) is 11.7 Å². The number of benzene rings is 2. The van der Waals surface area contributed by atoms with Gasteiger partial charge in [-0.25, -0.2) is 0 Å². The third kappa shape index (κ3) is 5.06. The summed E-state index contributed by atoms with van der Waals surface area (Å²) in [5, 5.41) is 0. The van der Waals surface area contributed by atoms with Gasteiger partial charge in [-0.15, -0.1) is 0 Å². The highest BCUT2D eigenvalue weighted by Crippen LogP contribution is 2.40. The standard InChI is InChI=1S/C29H39N/c1-3-4-21(2)22-5-7-23(8-6-22)24-9-11-25(12-10-24)26-13-15-27(16-14-26)28-17-19-29(30)20-18-28/h9-16,22-23,28-29H,2-8,17-20,30H2,1H3. The molecule has 2 saturated carbocycles. The summed E-state index contributed by atoms with van der Waals surface area (Å²) >= 11 is 0. The van der Waals surface area contributed by atoms with Crippen molar-refractivity contribution < 1.29 is 0 Å². The zero-order valence-electron chi connectivity index (χ0n) is 18.8. The fraction of sp³-hybridized carbons (Fsp3) is 0.517. The van der Waals surface area contributed by atoms with Crippen LogP contribution in [0.2, 0.25) is 0 Å². The van der Waals surface area contributed by atoms with Crippen LogP contribution in [0.1, 0.15) is 94.1 Å². The van der Waals surface area contributed by atoms with Gasteiger partial charge >= 0.3 is 0 Å². The van der Waals surface area contributed by atoms with Crippen LogP contribution in [0.5, 0.6) is 0 Å². The Morgan fingerprint density at radius 1 is 0.733 bits per heavy atom. The van der Waals surface area contributed by atoms with Crippen molar-refractivity contribution in [2.45, 2.75) is 89.0 Å². The van der Waals surface area contributed by atoms with Crippen LogP contribution in [0.15, 0.2) is 60.7 Å². The van der Waals surface area contributed by atoms with Gasteiger partial charge in [0.25, 0.3) is 0 Å². The molecule has 1 nitrogen and oxygen atoms in total. The van der Waals surface area contributed by atoms with Crippen molar-refractivity contribution in [1.82, 2.24) is 0 Å². The Morgan fingerprint density at radius 3 is 1.60 bits per heavy atom. The topological polar surface area (TPSA) is 26.0 Å². The summed E-state index contributed by atoms with van der Waals surface area (Å²) in [6.07, 6.45) is 12.5. The zero-order valence-corrected chi connectivity index (χ0v) is 18.8. The van der Waals surface area contributed by atoms with Crippen molar-refractivity contribution >= 4 is 0 Å². The van der Waals surface area contributed by atoms with Crippen LogP contribution in [0.4, 0.5) is 0 Å². The van der Waals surface area contributed by atoms with Gasteiger partial charge in [0, 0.05) is 6.04 Å². The van der Waals surface area contributed by atoms with Crippen LogP contribution >= 0.6 is 0 Å². The minimum Gasteiger partial charge on any atom is -0.328 e. The summed E-state index contributed by atoms with van der Waals surface area (Å²) in [5.41, 5.74) is 13.2. The van der Waals surface area contributed by atoms with E-state index in [-0.39, 0.29) is 0 Å². The Morgan fingerprint density at radius 2 is 1.17 bits per heavy atom. The molecule has 0 bridgehead atoms. The molecule has 1 heteroatoms. The third-order valence-electron chi connectivity index (χ3n) is 7.74. The van der Waals surface area contributed by atoms with Crippen LogP contribution in [0, 0.1) is 5.92 Å². The molecule has 0 radical (unpaired) electrons. The molecule has 160 valence electrons. The summed E-state index contributed by atoms with van der Waals surface area (Å²) in [6, 6.07) is 19.1. The smallest absolute Gasteiger partial charge is 0.00392 e. The fourth-order valence-electron chi connectivity index (χ4n) is 5.71. The van der Waals surface area contributed by atoms with Gasteiger partial charge in [-0.2, -0.15) is 0 Å². The lowest BCUT2D eigenvalue weighted by molar-refractivity contribution is 0.357. The van der Waals surface area contributed by atoms with Crippen molar-refractivity contribution in [3.63, 3.8) is 0 Å². The lowest BCUT2D eigenvalue weighted by atomic mass is 9.75. The van der Waals surface area contributed by atoms with E-state index < -0.39 is 0 Å². The second kappa shape index (κ2) is 9.96. The average Bonchev–Trinajstić information content (AvgIpc) is 2.80. The first-order valence-electron chi connectivity index (χ1n) is 12.3. The molecule has 2 N–H and O–H groups in total. The minimum atomic E-state index is 0.421. The molecule has 2 aromatic carbocycles. The lowest BCUT2D eigenvalue weighted by Crippen LogP contribution is -2.25. The lowest BCUT2D eigenvalue weighted by Gasteiger charge is -2.30. The molecule has 0 aromatic heterocycles. The van der Waals surface area contributed by atoms with Crippen LogP contribution in [-0.4, -0.2) is 6.04 Å². The number of nitrogens with two attached hydrogens (primary N) is 1. The minimum absolute atomic E-state index is 0.421. The van der Waals surface area contributed by atoms with Gasteiger partial charge < -0.3 is 5.73 Å². The molecule has 0 spiro atoms. The van der Waals surface area contributed by atoms with Crippen LogP contribution in [-0.2, 0) is 0 Å². The molecule has 0 amide bonds. The Bertz CT molecular complexity index is 800. The Hall–Kier alpha value is -1.86. The highest BCUT2D eigenvalue weighted by atomic mass is 14.6. The average molecular weight is 402 g/mol. The third-order valence-corrected chi connectivity index (χ3v) is 7.74. The molecule has 4 rings (SSSR count). The van der Waals surface area contributed by atoms with Crippen molar-refractivity contribution in [3.05, 3.63) is 71.8 Å². The SMILES string of the molecule is C=C(CCC)C1CCC(c2ccc(-c3ccc(C4CCC(N)CC4)cc3)cc2)CC1. The van der Waals surface area contributed by atoms with Crippen LogP contribution in [0.3, 0.4) is 0 Å². The number of rotatable bonds is 6. The predicted molar refractivity (Wildman–Crippen MR) is 130 cm³/mol. The van der Waals surface area contributed by atoms with Gasteiger partial charge in [0.1, 0.15) is 0 Å². The van der Waals surface area contributed by atoms with Gasteiger partial charge in [-0.05, 0) is 97.8 Å². The van der Waals surface area contributed by atoms with Crippen molar-refractivity contribution in [3.8, 4) is 11.1 Å². The summed E-state index contributed by atoms with van der Waals surface area (Å²) in [4.78, 5) is 0. The highest BCUT2D eigenvalue weighted by Gasteiger charge is 2.24. The monoisotopic (exact) mass is 401 g/mol. The first-order chi connectivity index (χ1) is 14.6. The van der Waals surface area contributed by atoms with E-state index in [1.165, 1.54) is 92.0 Å². The molecule has 0 saturated heterocycles. The van der Waals surface area contributed by atoms with Gasteiger partial charge in [-0.1, -0.05) is 74.0 Å². The first kappa shape index (κ1) is 21.4. The van der Waals surface area contributed by atoms with Gasteiger partial charge in [0.05, 0.1) is 0 Å². The van der Waals surface area contributed by atoms with Gasteiger partial charge in [0.2, 0.25) is 0 Å². The second-order valence-corrected chi connectivity index (χ2v) is 9.81. The Balaban J connectivity index is 1.35. The number of hydrogen-bond donors (Lipinski definition) is 1. The van der Waals surface area contributed by atoms with E-state index in [4.69, 9.17) is 5.73 Å². The zero-order chi connectivity index (χ0) is 20.9. The van der Waals surface area contributed by atoms with E-state index in [0.29, 0.717) is 12.0 Å². The molecule has 0 unspecified atom stereocenters. The molecule has 0 heterocycles. The largest absolute Gasteiger partial charge is 0.328 e. The van der Waals surface area contributed by atoms with E-state index in [0.717, 1.165) is 11.8 Å². The van der Waals surface area contributed by atoms with E-state index in [1.807, 2.05) is 0 Å². The Labute approximate surface area is 183 Å². The van der Waals surface area contributed by atoms with E-state index in [1.54, 1.807) is 0 Å². The summed E-state index contributed by atoms with van der Waals surface area (Å²) in [6.45, 7) is 6.61. The van der Waals surface area contributed by atoms with Crippen LogP contribution < -0.4 is 5.73 Å². The molecule has 2 aliphatic rings. The summed E-state index contributed by atoms with van der Waals surface area (Å²) < 4.78 is 0. The second-order valence-electron chi connectivity index (χ2n) is 9.81. The number of allylic oxidation sites excluding steroid dienone is 1. The summed E-state index contributed by atoms with van der Waals surface area (Å²) in [7, 11) is 0. The highest BCUT2D eigenvalue weighted by molar-refractivity contribution is 5.64. The molecule has 0 atom stereocenters. The molecular weight excluding hydrogens is 362 g/mol. The molecule has 30 heavy (non-hydrogen) atoms. The molecular formula is C29H39N. The summed E-state index contributed by atoms with van der Waals surface area (Å²) in [5.74, 6) is 2.19. The molecule has 0 aliphatic heterocycles. The van der Waals surface area contributed by atoms with Crippen molar-refractivity contribution in [2.75, 3.05) is 0 Å². The van der Waals surface area contributed by atoms with E-state index in [9.17, 15) is 0 Å². The van der Waals surface area contributed by atoms with Crippen molar-refractivity contribution in [1.29, 1.82) is 0 Å².